The molecule has 162 valence electrons. The zero-order valence-corrected chi connectivity index (χ0v) is 18.0. The number of hydrogen-bond acceptors (Lipinski definition) is 4. The average Bonchev–Trinajstić information content (AvgIpc) is 3.08. The van der Waals surface area contributed by atoms with E-state index in [0.29, 0.717) is 29.5 Å². The molecule has 2 heterocycles. The third-order valence-electron chi connectivity index (χ3n) is 5.56. The summed E-state index contributed by atoms with van der Waals surface area (Å²) in [5, 5.41) is 9.62. The van der Waals surface area contributed by atoms with E-state index >= 15 is 0 Å². The minimum absolute atomic E-state index is 0.0147. The van der Waals surface area contributed by atoms with E-state index in [1.807, 2.05) is 13.8 Å². The monoisotopic (exact) mass is 415 g/mol. The Morgan fingerprint density at radius 3 is 2.70 bits per heavy atom. The molecule has 1 atom stereocenters. The minimum Gasteiger partial charge on any atom is -0.325 e. The molecule has 30 heavy (non-hydrogen) atoms. The molecular weight excluding hydrogens is 385 g/mol. The lowest BCUT2D eigenvalue weighted by atomic mass is 10.0. The summed E-state index contributed by atoms with van der Waals surface area (Å²) in [5.41, 5.74) is 1.55. The van der Waals surface area contributed by atoms with Crippen molar-refractivity contribution in [3.05, 3.63) is 41.5 Å². The highest BCUT2D eigenvalue weighted by atomic mass is 19.1. The largest absolute Gasteiger partial charge is 0.325 e. The molecule has 1 aliphatic rings. The molecule has 2 N–H and O–H groups in total. The molecule has 0 saturated carbocycles. The molecule has 2 aromatic rings. The number of piperidine rings is 1. The number of carbonyl (C=O) groups is 2. The van der Waals surface area contributed by atoms with Gasteiger partial charge in [0.1, 0.15) is 5.82 Å². The van der Waals surface area contributed by atoms with Crippen molar-refractivity contribution in [3.63, 3.8) is 0 Å². The first kappa shape index (κ1) is 22.0. The highest BCUT2D eigenvalue weighted by Gasteiger charge is 2.21. The molecule has 1 unspecified atom stereocenters. The number of aromatic nitrogens is 2. The van der Waals surface area contributed by atoms with Gasteiger partial charge in [-0.25, -0.2) is 4.39 Å². The van der Waals surface area contributed by atoms with Crippen LogP contribution in [0.3, 0.4) is 0 Å². The van der Waals surface area contributed by atoms with Crippen molar-refractivity contribution in [2.24, 2.45) is 0 Å². The summed E-state index contributed by atoms with van der Waals surface area (Å²) in [4.78, 5) is 27.2. The van der Waals surface area contributed by atoms with Gasteiger partial charge in [-0.05, 0) is 65.3 Å². The number of nitrogens with zero attached hydrogens (tertiary/aromatic N) is 3. The van der Waals surface area contributed by atoms with Gasteiger partial charge in [-0.2, -0.15) is 5.10 Å². The van der Waals surface area contributed by atoms with E-state index in [4.69, 9.17) is 0 Å². The van der Waals surface area contributed by atoms with Crippen molar-refractivity contribution in [2.45, 2.75) is 59.0 Å². The van der Waals surface area contributed by atoms with E-state index in [2.05, 4.69) is 27.6 Å². The Hall–Kier alpha value is -2.74. The second-order valence-electron chi connectivity index (χ2n) is 8.19. The molecule has 1 fully saturated rings. The van der Waals surface area contributed by atoms with Crippen molar-refractivity contribution in [2.75, 3.05) is 23.7 Å². The molecule has 1 aliphatic heterocycles. The van der Waals surface area contributed by atoms with Crippen LogP contribution >= 0.6 is 0 Å². The Labute approximate surface area is 176 Å². The molecule has 7 nitrogen and oxygen atoms in total. The maximum Gasteiger partial charge on any atom is 0.259 e. The third-order valence-corrected chi connectivity index (χ3v) is 5.56. The van der Waals surface area contributed by atoms with Crippen LogP contribution in [-0.4, -0.2) is 45.6 Å². The third kappa shape index (κ3) is 5.05. The molecule has 0 radical (unpaired) electrons. The minimum atomic E-state index is -0.570. The first-order valence-corrected chi connectivity index (χ1v) is 10.4. The van der Waals surface area contributed by atoms with Crippen LogP contribution in [-0.2, 0) is 4.79 Å². The van der Waals surface area contributed by atoms with Gasteiger partial charge in [0.25, 0.3) is 5.91 Å². The van der Waals surface area contributed by atoms with Crippen LogP contribution in [0.25, 0.3) is 0 Å². The topological polar surface area (TPSA) is 79.3 Å². The molecular formula is C22H30FN5O2. The standard InChI is InChI=1S/C22H30FN5O2/c1-14(2)28-16(4)18(12-24-28)22(30)26-20-11-17(8-9-19(20)23)25-21(29)13-27-10-6-5-7-15(27)3/h8-9,11-12,14-15H,5-7,10,13H2,1-4H3,(H,25,29)(H,26,30). The van der Waals surface area contributed by atoms with Crippen LogP contribution in [0.5, 0.6) is 0 Å². The summed E-state index contributed by atoms with van der Waals surface area (Å²) in [6, 6.07) is 4.66. The highest BCUT2D eigenvalue weighted by Crippen LogP contribution is 2.22. The van der Waals surface area contributed by atoms with Crippen LogP contribution in [0.1, 0.15) is 62.1 Å². The zero-order valence-electron chi connectivity index (χ0n) is 18.0. The number of likely N-dealkylation sites (tertiary alicyclic amines) is 1. The summed E-state index contributed by atoms with van der Waals surface area (Å²) in [6.45, 7) is 9.07. The van der Waals surface area contributed by atoms with Crippen LogP contribution < -0.4 is 10.6 Å². The quantitative estimate of drug-likeness (QED) is 0.748. The number of rotatable bonds is 6. The van der Waals surface area contributed by atoms with E-state index in [9.17, 15) is 14.0 Å². The van der Waals surface area contributed by atoms with Gasteiger partial charge < -0.3 is 10.6 Å². The van der Waals surface area contributed by atoms with E-state index in [0.717, 1.165) is 19.4 Å². The van der Waals surface area contributed by atoms with Crippen LogP contribution in [0.2, 0.25) is 0 Å². The van der Waals surface area contributed by atoms with Gasteiger partial charge in [0.2, 0.25) is 5.91 Å². The molecule has 1 saturated heterocycles. The van der Waals surface area contributed by atoms with Crippen molar-refractivity contribution < 1.29 is 14.0 Å². The number of benzene rings is 1. The Morgan fingerprint density at radius 2 is 2.03 bits per heavy atom. The lowest BCUT2D eigenvalue weighted by molar-refractivity contribution is -0.118. The second kappa shape index (κ2) is 9.38. The van der Waals surface area contributed by atoms with Crippen molar-refractivity contribution in [3.8, 4) is 0 Å². The normalized spacial score (nSPS) is 17.2. The summed E-state index contributed by atoms with van der Waals surface area (Å²) >= 11 is 0. The molecule has 0 spiro atoms. The highest BCUT2D eigenvalue weighted by molar-refractivity contribution is 6.05. The van der Waals surface area contributed by atoms with Gasteiger partial charge in [0.05, 0.1) is 24.0 Å². The molecule has 0 aliphatic carbocycles. The fourth-order valence-electron chi connectivity index (χ4n) is 3.83. The number of carbonyl (C=O) groups excluding carboxylic acids is 2. The number of nitrogens with one attached hydrogen (secondary N) is 2. The Bertz CT molecular complexity index is 924. The molecule has 3 rings (SSSR count). The maximum atomic E-state index is 14.3. The van der Waals surface area contributed by atoms with Gasteiger partial charge >= 0.3 is 0 Å². The molecule has 1 aromatic heterocycles. The lowest BCUT2D eigenvalue weighted by Crippen LogP contribution is -2.42. The SMILES string of the molecule is Cc1c(C(=O)Nc2cc(NC(=O)CN3CCCCC3C)ccc2F)cnn1C(C)C. The lowest BCUT2D eigenvalue weighted by Gasteiger charge is -2.32. The van der Waals surface area contributed by atoms with E-state index in [1.165, 1.54) is 30.8 Å². The van der Waals surface area contributed by atoms with Gasteiger partial charge in [-0.3, -0.25) is 19.2 Å². The summed E-state index contributed by atoms with van der Waals surface area (Å²) in [5.74, 6) is -1.16. The summed E-state index contributed by atoms with van der Waals surface area (Å²) in [7, 11) is 0. The molecule has 2 amide bonds. The van der Waals surface area contributed by atoms with Gasteiger partial charge in [-0.15, -0.1) is 0 Å². The van der Waals surface area contributed by atoms with Gasteiger partial charge in [0.15, 0.2) is 0 Å². The second-order valence-corrected chi connectivity index (χ2v) is 8.19. The van der Waals surface area contributed by atoms with Gasteiger partial charge in [0, 0.05) is 23.5 Å². The number of amides is 2. The zero-order chi connectivity index (χ0) is 21.8. The van der Waals surface area contributed by atoms with Crippen LogP contribution in [0.15, 0.2) is 24.4 Å². The first-order chi connectivity index (χ1) is 14.3. The fourth-order valence-corrected chi connectivity index (χ4v) is 3.83. The predicted molar refractivity (Wildman–Crippen MR) is 115 cm³/mol. The molecule has 1 aromatic carbocycles. The smallest absolute Gasteiger partial charge is 0.259 e. The predicted octanol–water partition coefficient (Wildman–Crippen LogP) is 3.98. The number of hydrogen-bond donors (Lipinski definition) is 2. The summed E-state index contributed by atoms with van der Waals surface area (Å²) in [6.07, 6.45) is 4.85. The van der Waals surface area contributed by atoms with E-state index < -0.39 is 11.7 Å². The van der Waals surface area contributed by atoms with E-state index in [-0.39, 0.29) is 17.6 Å². The van der Waals surface area contributed by atoms with Crippen LogP contribution in [0.4, 0.5) is 15.8 Å². The fraction of sp³-hybridized carbons (Fsp3) is 0.500. The summed E-state index contributed by atoms with van der Waals surface area (Å²) < 4.78 is 16.0. The number of halogens is 1. The van der Waals surface area contributed by atoms with Crippen molar-refractivity contribution in [1.82, 2.24) is 14.7 Å². The Balaban J connectivity index is 1.67. The average molecular weight is 416 g/mol. The molecule has 0 bridgehead atoms. The Kier molecular flexibility index (Phi) is 6.87. The van der Waals surface area contributed by atoms with Crippen molar-refractivity contribution >= 4 is 23.2 Å². The van der Waals surface area contributed by atoms with Crippen LogP contribution in [0, 0.1) is 12.7 Å². The first-order valence-electron chi connectivity index (χ1n) is 10.4. The maximum absolute atomic E-state index is 14.3. The van der Waals surface area contributed by atoms with Gasteiger partial charge in [-0.1, -0.05) is 6.42 Å². The Morgan fingerprint density at radius 1 is 1.27 bits per heavy atom. The molecule has 8 heteroatoms. The van der Waals surface area contributed by atoms with E-state index in [1.54, 1.807) is 11.6 Å². The number of anilines is 2. The van der Waals surface area contributed by atoms with Crippen molar-refractivity contribution in [1.29, 1.82) is 0 Å².